The lowest BCUT2D eigenvalue weighted by atomic mass is 9.81. The first-order valence-electron chi connectivity index (χ1n) is 6.63. The zero-order valence-electron chi connectivity index (χ0n) is 12.0. The average Bonchev–Trinajstić information content (AvgIpc) is 2.48. The smallest absolute Gasteiger partial charge is 0.0180 e. The summed E-state index contributed by atoms with van der Waals surface area (Å²) in [4.78, 5) is 0. The molecule has 0 nitrogen and oxygen atoms in total. The van der Waals surface area contributed by atoms with Crippen LogP contribution in [-0.2, 0) is 0 Å². The zero-order chi connectivity index (χ0) is 12.8. The van der Waals surface area contributed by atoms with Crippen LogP contribution in [0.25, 0.3) is 0 Å². The Bertz CT molecular complexity index is 374. The molecular formula is C16H25P. The minimum absolute atomic E-state index is 0.0144. The summed E-state index contributed by atoms with van der Waals surface area (Å²) < 4.78 is 0. The van der Waals surface area contributed by atoms with Gasteiger partial charge in [0.25, 0.3) is 0 Å². The van der Waals surface area contributed by atoms with Crippen molar-refractivity contribution in [1.29, 1.82) is 0 Å². The third kappa shape index (κ3) is 2.44. The molecule has 17 heavy (non-hydrogen) atoms. The molecule has 1 saturated heterocycles. The maximum atomic E-state index is 3.47. The molecule has 1 fully saturated rings. The van der Waals surface area contributed by atoms with E-state index >= 15 is 0 Å². The van der Waals surface area contributed by atoms with Crippen molar-refractivity contribution in [2.24, 2.45) is 10.8 Å². The first-order valence-corrected chi connectivity index (χ1v) is 8.11. The Labute approximate surface area is 108 Å². The fraction of sp³-hybridized carbons (Fsp3) is 0.688. The van der Waals surface area contributed by atoms with Gasteiger partial charge in [-0.25, -0.2) is 0 Å². The van der Waals surface area contributed by atoms with E-state index in [9.17, 15) is 0 Å². The fourth-order valence-electron chi connectivity index (χ4n) is 2.88. The van der Waals surface area contributed by atoms with E-state index in [1.165, 1.54) is 11.7 Å². The molecule has 0 bridgehead atoms. The van der Waals surface area contributed by atoms with Crippen LogP contribution in [0.2, 0.25) is 0 Å². The number of hydrogen-bond acceptors (Lipinski definition) is 0. The minimum atomic E-state index is -0.0144. The average molecular weight is 248 g/mol. The van der Waals surface area contributed by atoms with Gasteiger partial charge < -0.3 is 0 Å². The molecule has 0 radical (unpaired) electrons. The van der Waals surface area contributed by atoms with Crippen molar-refractivity contribution in [1.82, 2.24) is 0 Å². The van der Waals surface area contributed by atoms with Crippen LogP contribution in [0, 0.1) is 10.8 Å². The number of rotatable bonds is 1. The summed E-state index contributed by atoms with van der Waals surface area (Å²) in [5.41, 5.74) is 6.11. The molecule has 2 atom stereocenters. The van der Waals surface area contributed by atoms with Crippen molar-refractivity contribution >= 4 is 7.92 Å². The first-order chi connectivity index (χ1) is 7.71. The molecule has 1 aliphatic heterocycles. The van der Waals surface area contributed by atoms with Crippen LogP contribution in [-0.4, -0.2) is 11.3 Å². The summed E-state index contributed by atoms with van der Waals surface area (Å²) in [6.45, 7) is 14.4. The van der Waals surface area contributed by atoms with Gasteiger partial charge in [0.1, 0.15) is 0 Å². The molecule has 0 saturated carbocycles. The Morgan fingerprint density at radius 2 is 1.59 bits per heavy atom. The van der Waals surface area contributed by atoms with E-state index in [-0.39, 0.29) is 7.92 Å². The predicted molar refractivity (Wildman–Crippen MR) is 78.8 cm³/mol. The van der Waals surface area contributed by atoms with Gasteiger partial charge in [-0.3, -0.25) is 0 Å². The highest BCUT2D eigenvalue weighted by Gasteiger charge is 2.51. The summed E-state index contributed by atoms with van der Waals surface area (Å²) in [6.07, 6.45) is 7.92. The third-order valence-corrected chi connectivity index (χ3v) is 8.13. The summed E-state index contributed by atoms with van der Waals surface area (Å²) in [5, 5.41) is 1.51. The molecule has 1 aliphatic carbocycles. The molecule has 0 aromatic rings. The van der Waals surface area contributed by atoms with Gasteiger partial charge in [0.05, 0.1) is 0 Å². The molecule has 2 aliphatic rings. The van der Waals surface area contributed by atoms with Gasteiger partial charge in [-0.15, -0.1) is 5.73 Å². The van der Waals surface area contributed by atoms with Crippen LogP contribution in [0.15, 0.2) is 29.3 Å². The Morgan fingerprint density at radius 1 is 1.06 bits per heavy atom. The van der Waals surface area contributed by atoms with E-state index in [0.717, 1.165) is 11.3 Å². The molecule has 0 amide bonds. The molecule has 1 heterocycles. The van der Waals surface area contributed by atoms with Crippen LogP contribution >= 0.6 is 7.92 Å². The molecule has 1 heteroatoms. The summed E-state index contributed by atoms with van der Waals surface area (Å²) in [7, 11) is -0.0144. The van der Waals surface area contributed by atoms with Crippen LogP contribution < -0.4 is 0 Å². The normalized spacial score (nSPS) is 29.4. The maximum Gasteiger partial charge on any atom is 0.0180 e. The van der Waals surface area contributed by atoms with Gasteiger partial charge in [-0.05, 0) is 40.7 Å². The summed E-state index contributed by atoms with van der Waals surface area (Å²) in [6, 6.07) is 0. The van der Waals surface area contributed by atoms with Crippen LogP contribution in [0.4, 0.5) is 0 Å². The van der Waals surface area contributed by atoms with Gasteiger partial charge in [-0.1, -0.05) is 55.5 Å². The largest absolute Gasteiger partial charge is 0.112 e. The van der Waals surface area contributed by atoms with Crippen molar-refractivity contribution in [3.63, 3.8) is 0 Å². The molecule has 0 aromatic carbocycles. The molecule has 0 N–H and O–H groups in total. The van der Waals surface area contributed by atoms with Gasteiger partial charge in [0.2, 0.25) is 0 Å². The molecule has 0 aromatic heterocycles. The Balaban J connectivity index is 2.26. The Kier molecular flexibility index (Phi) is 3.18. The van der Waals surface area contributed by atoms with Crippen LogP contribution in [0.5, 0.6) is 0 Å². The van der Waals surface area contributed by atoms with Crippen molar-refractivity contribution in [2.75, 3.05) is 0 Å². The van der Waals surface area contributed by atoms with E-state index in [1.54, 1.807) is 0 Å². The second-order valence-electron chi connectivity index (χ2n) is 7.46. The highest BCUT2D eigenvalue weighted by Crippen LogP contribution is 2.73. The van der Waals surface area contributed by atoms with E-state index in [2.05, 4.69) is 65.5 Å². The quantitative estimate of drug-likeness (QED) is 0.436. The molecular weight excluding hydrogens is 223 g/mol. The maximum absolute atomic E-state index is 3.47. The Morgan fingerprint density at radius 3 is 1.94 bits per heavy atom. The standard InChI is InChI=1S/C16H25P/c1-15(2,3)13-11-14(16(4,5)6)17(13)12-9-7-8-10-12/h7-9,13-14H,11H2,1-6H3/t13-,14-/m0/s1. The highest BCUT2D eigenvalue weighted by atomic mass is 31.1. The van der Waals surface area contributed by atoms with E-state index in [4.69, 9.17) is 0 Å². The van der Waals surface area contributed by atoms with Crippen LogP contribution in [0.3, 0.4) is 0 Å². The lowest BCUT2D eigenvalue weighted by Gasteiger charge is -2.56. The third-order valence-electron chi connectivity index (χ3n) is 3.98. The van der Waals surface area contributed by atoms with E-state index in [1.807, 2.05) is 0 Å². The van der Waals surface area contributed by atoms with Gasteiger partial charge in [0, 0.05) is 5.31 Å². The molecule has 0 unspecified atom stereocenters. The number of allylic oxidation sites excluding steroid dienone is 3. The lowest BCUT2D eigenvalue weighted by molar-refractivity contribution is 0.279. The highest BCUT2D eigenvalue weighted by molar-refractivity contribution is 7.65. The molecule has 0 spiro atoms. The van der Waals surface area contributed by atoms with Crippen molar-refractivity contribution in [3.8, 4) is 0 Å². The van der Waals surface area contributed by atoms with E-state index < -0.39 is 0 Å². The molecule has 94 valence electrons. The minimum Gasteiger partial charge on any atom is -0.112 e. The van der Waals surface area contributed by atoms with Crippen molar-refractivity contribution in [2.45, 2.75) is 59.3 Å². The summed E-state index contributed by atoms with van der Waals surface area (Å²) in [5.74, 6) is 0. The predicted octanol–water partition coefficient (Wildman–Crippen LogP) is 5.31. The van der Waals surface area contributed by atoms with Gasteiger partial charge in [0.15, 0.2) is 0 Å². The van der Waals surface area contributed by atoms with Gasteiger partial charge >= 0.3 is 0 Å². The number of hydrogen-bond donors (Lipinski definition) is 0. The SMILES string of the molecule is CC(C)(C)[C@@H]1C[C@@H](C(C)(C)C)P1C1=C=CC=C1. The van der Waals surface area contributed by atoms with Crippen molar-refractivity contribution < 1.29 is 0 Å². The van der Waals surface area contributed by atoms with Gasteiger partial charge in [-0.2, -0.15) is 0 Å². The second-order valence-corrected chi connectivity index (χ2v) is 10.0. The Hall–Kier alpha value is -0.310. The lowest BCUT2D eigenvalue weighted by Crippen LogP contribution is -2.45. The van der Waals surface area contributed by atoms with Crippen LogP contribution in [0.1, 0.15) is 48.0 Å². The molecule has 2 rings (SSSR count). The summed E-state index contributed by atoms with van der Waals surface area (Å²) >= 11 is 0. The zero-order valence-corrected chi connectivity index (χ0v) is 12.9. The second kappa shape index (κ2) is 4.11. The topological polar surface area (TPSA) is 0 Å². The van der Waals surface area contributed by atoms with Crippen molar-refractivity contribution in [3.05, 3.63) is 29.3 Å². The fourth-order valence-corrected chi connectivity index (χ4v) is 6.62. The monoisotopic (exact) mass is 248 g/mol. The first kappa shape index (κ1) is 13.1. The van der Waals surface area contributed by atoms with E-state index in [0.29, 0.717) is 10.8 Å².